The number of hydrogen-bond acceptors (Lipinski definition) is 2. The molecule has 2 nitrogen and oxygen atoms in total. The molecule has 4 heteroatoms. The second kappa shape index (κ2) is 8.51. The van der Waals surface area contributed by atoms with Crippen LogP contribution in [0, 0.1) is 0 Å². The molecule has 110 valence electrons. The standard InChI is InChI=1S/C14H34O2Si2/c1-8-11-12-13-14(17(4,5)15-9-2)18(6,7)16-10-3/h14H,8-13H2,1-7H3. The predicted octanol–water partition coefficient (Wildman–Crippen LogP) is 4.96. The second-order valence-corrected chi connectivity index (χ2v) is 15.1. The van der Waals surface area contributed by atoms with Crippen molar-refractivity contribution in [1.82, 2.24) is 0 Å². The smallest absolute Gasteiger partial charge is 0.189 e. The van der Waals surface area contributed by atoms with E-state index >= 15 is 0 Å². The van der Waals surface area contributed by atoms with Crippen molar-refractivity contribution < 1.29 is 8.85 Å². The van der Waals surface area contributed by atoms with Crippen molar-refractivity contribution in [2.45, 2.75) is 77.8 Å². The molecule has 0 fully saturated rings. The van der Waals surface area contributed by atoms with Gasteiger partial charge in [0.15, 0.2) is 16.6 Å². The van der Waals surface area contributed by atoms with Crippen molar-refractivity contribution in [3.8, 4) is 0 Å². The Labute approximate surface area is 117 Å². The summed E-state index contributed by atoms with van der Waals surface area (Å²) in [5.41, 5.74) is 0. The molecule has 0 amide bonds. The molecule has 0 aromatic rings. The van der Waals surface area contributed by atoms with Crippen LogP contribution >= 0.6 is 0 Å². The van der Waals surface area contributed by atoms with Crippen molar-refractivity contribution in [3.05, 3.63) is 0 Å². The first-order valence-corrected chi connectivity index (χ1v) is 13.6. The van der Waals surface area contributed by atoms with E-state index in [1.165, 1.54) is 25.7 Å². The lowest BCUT2D eigenvalue weighted by Gasteiger charge is -2.41. The van der Waals surface area contributed by atoms with Crippen molar-refractivity contribution in [1.29, 1.82) is 0 Å². The van der Waals surface area contributed by atoms with Gasteiger partial charge < -0.3 is 8.85 Å². The fraction of sp³-hybridized carbons (Fsp3) is 1.00. The fourth-order valence-electron chi connectivity index (χ4n) is 3.08. The first-order valence-electron chi connectivity index (χ1n) is 7.59. The summed E-state index contributed by atoms with van der Waals surface area (Å²) in [7, 11) is -3.24. The normalized spacial score (nSPS) is 13.3. The zero-order chi connectivity index (χ0) is 14.2. The molecule has 0 N–H and O–H groups in total. The maximum Gasteiger partial charge on any atom is 0.189 e. The van der Waals surface area contributed by atoms with E-state index in [4.69, 9.17) is 8.85 Å². The van der Waals surface area contributed by atoms with E-state index in [1.54, 1.807) is 0 Å². The molecule has 0 unspecified atom stereocenters. The van der Waals surface area contributed by atoms with E-state index in [1.807, 2.05) is 0 Å². The van der Waals surface area contributed by atoms with Gasteiger partial charge >= 0.3 is 0 Å². The van der Waals surface area contributed by atoms with Crippen molar-refractivity contribution >= 4 is 16.6 Å². The van der Waals surface area contributed by atoms with E-state index in [-0.39, 0.29) is 0 Å². The quantitative estimate of drug-likeness (QED) is 0.418. The SMILES string of the molecule is CCCCCC([Si](C)(C)OCC)[Si](C)(C)OCC. The summed E-state index contributed by atoms with van der Waals surface area (Å²) in [6.45, 7) is 17.7. The highest BCUT2D eigenvalue weighted by Gasteiger charge is 2.45. The van der Waals surface area contributed by atoms with Crippen LogP contribution in [0.5, 0.6) is 0 Å². The highest BCUT2D eigenvalue weighted by molar-refractivity contribution is 6.91. The summed E-state index contributed by atoms with van der Waals surface area (Å²) in [5.74, 6) is 0. The molecule has 0 saturated carbocycles. The third-order valence-electron chi connectivity index (χ3n) is 3.81. The van der Waals surface area contributed by atoms with Crippen LogP contribution in [0.1, 0.15) is 46.5 Å². The largest absolute Gasteiger partial charge is 0.418 e. The molecular weight excluding hydrogens is 256 g/mol. The third kappa shape index (κ3) is 6.00. The Balaban J connectivity index is 4.80. The number of hydrogen-bond donors (Lipinski definition) is 0. The summed E-state index contributed by atoms with van der Waals surface area (Å²) in [6, 6.07) is 0. The van der Waals surface area contributed by atoms with Crippen LogP contribution in [0.25, 0.3) is 0 Å². The summed E-state index contributed by atoms with van der Waals surface area (Å²) in [6.07, 6.45) is 5.25. The Morgan fingerprint density at radius 1 is 0.778 bits per heavy atom. The van der Waals surface area contributed by atoms with Gasteiger partial charge in [0.05, 0.1) is 0 Å². The highest BCUT2D eigenvalue weighted by Crippen LogP contribution is 2.38. The average molecular weight is 291 g/mol. The van der Waals surface area contributed by atoms with Crippen molar-refractivity contribution in [2.75, 3.05) is 13.2 Å². The maximum absolute atomic E-state index is 6.15. The minimum atomic E-state index is -1.62. The van der Waals surface area contributed by atoms with E-state index in [2.05, 4.69) is 47.0 Å². The van der Waals surface area contributed by atoms with Gasteiger partial charge in [0.1, 0.15) is 0 Å². The Hall–Kier alpha value is 0.354. The monoisotopic (exact) mass is 290 g/mol. The minimum Gasteiger partial charge on any atom is -0.418 e. The third-order valence-corrected chi connectivity index (χ3v) is 14.0. The Bertz CT molecular complexity index is 200. The van der Waals surface area contributed by atoms with Gasteiger partial charge in [-0.1, -0.05) is 32.6 Å². The minimum absolute atomic E-state index is 0.705. The predicted molar refractivity (Wildman–Crippen MR) is 86.1 cm³/mol. The van der Waals surface area contributed by atoms with E-state index < -0.39 is 16.6 Å². The summed E-state index contributed by atoms with van der Waals surface area (Å²) in [4.78, 5) is 0. The zero-order valence-electron chi connectivity index (χ0n) is 13.6. The molecule has 18 heavy (non-hydrogen) atoms. The second-order valence-electron chi connectivity index (χ2n) is 6.12. The highest BCUT2D eigenvalue weighted by atomic mass is 28.4. The lowest BCUT2D eigenvalue weighted by Crippen LogP contribution is -2.51. The molecule has 0 radical (unpaired) electrons. The van der Waals surface area contributed by atoms with Gasteiger partial charge in [0.2, 0.25) is 0 Å². The Morgan fingerprint density at radius 3 is 1.56 bits per heavy atom. The van der Waals surface area contributed by atoms with Gasteiger partial charge in [-0.15, -0.1) is 0 Å². The molecule has 0 rings (SSSR count). The van der Waals surface area contributed by atoms with Gasteiger partial charge in [-0.25, -0.2) is 0 Å². The molecule has 0 aliphatic rings. The van der Waals surface area contributed by atoms with Crippen LogP contribution in [-0.4, -0.2) is 29.8 Å². The number of unbranched alkanes of at least 4 members (excludes halogenated alkanes) is 2. The molecule has 0 spiro atoms. The van der Waals surface area contributed by atoms with Crippen LogP contribution in [-0.2, 0) is 8.85 Å². The van der Waals surface area contributed by atoms with Gasteiger partial charge in [-0.2, -0.15) is 0 Å². The molecule has 0 bridgehead atoms. The van der Waals surface area contributed by atoms with Crippen LogP contribution in [0.4, 0.5) is 0 Å². The van der Waals surface area contributed by atoms with Crippen LogP contribution in [0.15, 0.2) is 0 Å². The first-order chi connectivity index (χ1) is 8.31. The average Bonchev–Trinajstić information content (AvgIpc) is 2.23. The molecule has 0 aromatic carbocycles. The fourth-order valence-corrected chi connectivity index (χ4v) is 14.0. The molecule has 0 aromatic heterocycles. The van der Waals surface area contributed by atoms with E-state index in [0.717, 1.165) is 13.2 Å². The van der Waals surface area contributed by atoms with Crippen LogP contribution in [0.2, 0.25) is 31.4 Å². The van der Waals surface area contributed by atoms with Gasteiger partial charge in [-0.3, -0.25) is 0 Å². The zero-order valence-corrected chi connectivity index (χ0v) is 15.6. The van der Waals surface area contributed by atoms with Crippen LogP contribution in [0.3, 0.4) is 0 Å². The van der Waals surface area contributed by atoms with E-state index in [0.29, 0.717) is 5.16 Å². The molecular formula is C14H34O2Si2. The summed E-state index contributed by atoms with van der Waals surface area (Å²) >= 11 is 0. The molecule has 0 aliphatic carbocycles. The topological polar surface area (TPSA) is 18.5 Å². The summed E-state index contributed by atoms with van der Waals surface area (Å²) < 4.78 is 12.3. The summed E-state index contributed by atoms with van der Waals surface area (Å²) in [5, 5.41) is 0.705. The van der Waals surface area contributed by atoms with Gasteiger partial charge in [0, 0.05) is 13.2 Å². The van der Waals surface area contributed by atoms with Crippen molar-refractivity contribution in [2.24, 2.45) is 0 Å². The Kier molecular flexibility index (Phi) is 8.68. The Morgan fingerprint density at radius 2 is 1.22 bits per heavy atom. The molecule has 0 heterocycles. The molecule has 0 saturated heterocycles. The van der Waals surface area contributed by atoms with Gasteiger partial charge in [0.25, 0.3) is 0 Å². The molecule has 0 atom stereocenters. The molecule has 0 aliphatic heterocycles. The first kappa shape index (κ1) is 18.4. The maximum atomic E-state index is 6.15. The van der Waals surface area contributed by atoms with Crippen molar-refractivity contribution in [3.63, 3.8) is 0 Å². The number of rotatable bonds is 10. The van der Waals surface area contributed by atoms with Crippen LogP contribution < -0.4 is 0 Å². The van der Waals surface area contributed by atoms with Gasteiger partial charge in [-0.05, 0) is 45.2 Å². The lowest BCUT2D eigenvalue weighted by molar-refractivity contribution is 0.300. The van der Waals surface area contributed by atoms with E-state index in [9.17, 15) is 0 Å². The lowest BCUT2D eigenvalue weighted by atomic mass is 10.2.